The van der Waals surface area contributed by atoms with Gasteiger partial charge >= 0.3 is 0 Å². The predicted molar refractivity (Wildman–Crippen MR) is 72.9 cm³/mol. The Hall–Kier alpha value is -0.520. The molecule has 0 bridgehead atoms. The van der Waals surface area contributed by atoms with Crippen LogP contribution in [0.25, 0.3) is 0 Å². The van der Waals surface area contributed by atoms with Crippen molar-refractivity contribution in [3.05, 3.63) is 0 Å². The molecule has 17 heavy (non-hydrogen) atoms. The van der Waals surface area contributed by atoms with Crippen LogP contribution in [0.1, 0.15) is 51.4 Å². The Balaban J connectivity index is 1.97. The fourth-order valence-electron chi connectivity index (χ4n) is 3.55. The van der Waals surface area contributed by atoms with Crippen molar-refractivity contribution < 1.29 is 0 Å². The van der Waals surface area contributed by atoms with Crippen molar-refractivity contribution in [2.24, 2.45) is 0 Å². The fourth-order valence-corrected chi connectivity index (χ4v) is 3.55. The number of terminal acetylenes is 1. The minimum atomic E-state index is 0.426. The van der Waals surface area contributed by atoms with Crippen LogP contribution in [0.3, 0.4) is 0 Å². The highest BCUT2D eigenvalue weighted by Crippen LogP contribution is 2.35. The zero-order valence-corrected chi connectivity index (χ0v) is 11.0. The molecule has 1 saturated carbocycles. The monoisotopic (exact) mass is 234 g/mol. The van der Waals surface area contributed by atoms with Gasteiger partial charge in [0.05, 0.1) is 6.54 Å². The topological polar surface area (TPSA) is 15.3 Å². The lowest BCUT2D eigenvalue weighted by Gasteiger charge is -2.48. The highest BCUT2D eigenvalue weighted by Gasteiger charge is 2.37. The van der Waals surface area contributed by atoms with Crippen molar-refractivity contribution in [1.82, 2.24) is 10.2 Å². The van der Waals surface area contributed by atoms with E-state index in [0.717, 1.165) is 13.1 Å². The number of nitrogens with zero attached hydrogens (tertiary/aromatic N) is 1. The molecule has 2 nitrogen and oxygen atoms in total. The van der Waals surface area contributed by atoms with Crippen molar-refractivity contribution in [2.75, 3.05) is 26.2 Å². The van der Waals surface area contributed by atoms with Crippen molar-refractivity contribution in [1.29, 1.82) is 0 Å². The molecule has 0 radical (unpaired) electrons. The van der Waals surface area contributed by atoms with Gasteiger partial charge in [0.25, 0.3) is 0 Å². The summed E-state index contributed by atoms with van der Waals surface area (Å²) < 4.78 is 0. The second-order valence-electron chi connectivity index (χ2n) is 5.64. The second kappa shape index (κ2) is 6.42. The first-order valence-electron chi connectivity index (χ1n) is 7.27. The van der Waals surface area contributed by atoms with E-state index in [0.29, 0.717) is 5.54 Å². The third kappa shape index (κ3) is 3.24. The fraction of sp³-hybridized carbons (Fsp3) is 0.867. The molecule has 0 spiro atoms. The standard InChI is InChI=1S/C15H26N2/c1-2-11-16-14-15(9-5-3-6-10-15)17-12-7-4-8-13-17/h1,16H,3-14H2. The van der Waals surface area contributed by atoms with E-state index in [2.05, 4.69) is 16.1 Å². The van der Waals surface area contributed by atoms with Crippen molar-refractivity contribution in [3.63, 3.8) is 0 Å². The van der Waals surface area contributed by atoms with E-state index in [9.17, 15) is 0 Å². The van der Waals surface area contributed by atoms with Gasteiger partial charge in [0, 0.05) is 12.1 Å². The molecule has 2 fully saturated rings. The lowest BCUT2D eigenvalue weighted by atomic mass is 9.79. The minimum absolute atomic E-state index is 0.426. The summed E-state index contributed by atoms with van der Waals surface area (Å²) in [6.07, 6.45) is 16.5. The Morgan fingerprint density at radius 2 is 1.65 bits per heavy atom. The minimum Gasteiger partial charge on any atom is -0.304 e. The molecule has 0 amide bonds. The molecule has 1 N–H and O–H groups in total. The van der Waals surface area contributed by atoms with Gasteiger partial charge in [0.15, 0.2) is 0 Å². The summed E-state index contributed by atoms with van der Waals surface area (Å²) in [6.45, 7) is 4.42. The second-order valence-corrected chi connectivity index (χ2v) is 5.64. The van der Waals surface area contributed by atoms with E-state index in [1.54, 1.807) is 0 Å². The molecule has 0 aromatic heterocycles. The van der Waals surface area contributed by atoms with E-state index in [4.69, 9.17) is 6.42 Å². The largest absolute Gasteiger partial charge is 0.304 e. The Morgan fingerprint density at radius 1 is 1.00 bits per heavy atom. The Labute approximate surface area is 106 Å². The summed E-state index contributed by atoms with van der Waals surface area (Å²) in [5.41, 5.74) is 0.426. The normalized spacial score (nSPS) is 25.4. The van der Waals surface area contributed by atoms with Crippen LogP contribution in [-0.2, 0) is 0 Å². The molecule has 2 rings (SSSR count). The molecule has 1 aliphatic heterocycles. The highest BCUT2D eigenvalue weighted by atomic mass is 15.2. The molecule has 2 heteroatoms. The maximum absolute atomic E-state index is 5.34. The van der Waals surface area contributed by atoms with E-state index in [1.807, 2.05) is 0 Å². The Bertz CT molecular complexity index is 255. The number of rotatable bonds is 4. The summed E-state index contributed by atoms with van der Waals surface area (Å²) in [5, 5.41) is 3.47. The maximum atomic E-state index is 5.34. The lowest BCUT2D eigenvalue weighted by molar-refractivity contribution is 0.0344. The van der Waals surface area contributed by atoms with Gasteiger partial charge < -0.3 is 5.32 Å². The average molecular weight is 234 g/mol. The third-order valence-electron chi connectivity index (χ3n) is 4.49. The number of nitrogens with one attached hydrogen (secondary N) is 1. The first-order valence-corrected chi connectivity index (χ1v) is 7.27. The van der Waals surface area contributed by atoms with Gasteiger partial charge in [-0.3, -0.25) is 4.90 Å². The Kier molecular flexibility index (Phi) is 4.88. The van der Waals surface area contributed by atoms with Gasteiger partial charge in [-0.15, -0.1) is 6.42 Å². The molecule has 0 atom stereocenters. The van der Waals surface area contributed by atoms with Crippen LogP contribution in [-0.4, -0.2) is 36.6 Å². The highest BCUT2D eigenvalue weighted by molar-refractivity contribution is 4.97. The molecule has 0 aromatic rings. The first-order chi connectivity index (χ1) is 8.37. The van der Waals surface area contributed by atoms with E-state index in [1.165, 1.54) is 64.5 Å². The molecule has 96 valence electrons. The van der Waals surface area contributed by atoms with Crippen LogP contribution in [0.5, 0.6) is 0 Å². The molecular weight excluding hydrogens is 208 g/mol. The smallest absolute Gasteiger partial charge is 0.0574 e. The Morgan fingerprint density at radius 3 is 2.29 bits per heavy atom. The summed E-state index contributed by atoms with van der Waals surface area (Å²) in [5.74, 6) is 2.70. The molecule has 0 unspecified atom stereocenters. The van der Waals surface area contributed by atoms with Crippen LogP contribution < -0.4 is 5.32 Å². The number of likely N-dealkylation sites (tertiary alicyclic amines) is 1. The summed E-state index contributed by atoms with van der Waals surface area (Å²) in [7, 11) is 0. The van der Waals surface area contributed by atoms with Crippen molar-refractivity contribution in [2.45, 2.75) is 56.9 Å². The van der Waals surface area contributed by atoms with Gasteiger partial charge in [-0.25, -0.2) is 0 Å². The van der Waals surface area contributed by atoms with Gasteiger partial charge in [-0.2, -0.15) is 0 Å². The van der Waals surface area contributed by atoms with Gasteiger partial charge in [0.1, 0.15) is 0 Å². The number of hydrogen-bond acceptors (Lipinski definition) is 2. The number of hydrogen-bond donors (Lipinski definition) is 1. The van der Waals surface area contributed by atoms with Crippen LogP contribution in [0, 0.1) is 12.3 Å². The summed E-state index contributed by atoms with van der Waals surface area (Å²) in [6, 6.07) is 0. The first kappa shape index (κ1) is 12.9. The van der Waals surface area contributed by atoms with E-state index >= 15 is 0 Å². The zero-order chi connectivity index (χ0) is 12.0. The van der Waals surface area contributed by atoms with Gasteiger partial charge in [-0.05, 0) is 38.8 Å². The molecule has 2 aliphatic rings. The third-order valence-corrected chi connectivity index (χ3v) is 4.49. The molecule has 1 heterocycles. The van der Waals surface area contributed by atoms with Crippen molar-refractivity contribution >= 4 is 0 Å². The molecule has 1 saturated heterocycles. The van der Waals surface area contributed by atoms with Gasteiger partial charge in [0.2, 0.25) is 0 Å². The van der Waals surface area contributed by atoms with Crippen LogP contribution >= 0.6 is 0 Å². The predicted octanol–water partition coefficient (Wildman–Crippen LogP) is 2.40. The van der Waals surface area contributed by atoms with Crippen LogP contribution in [0.2, 0.25) is 0 Å². The van der Waals surface area contributed by atoms with Crippen LogP contribution in [0.15, 0.2) is 0 Å². The van der Waals surface area contributed by atoms with Crippen molar-refractivity contribution in [3.8, 4) is 12.3 Å². The zero-order valence-electron chi connectivity index (χ0n) is 11.0. The van der Waals surface area contributed by atoms with Crippen LogP contribution in [0.4, 0.5) is 0 Å². The van der Waals surface area contributed by atoms with E-state index < -0.39 is 0 Å². The lowest BCUT2D eigenvalue weighted by Crippen LogP contribution is -2.57. The summed E-state index contributed by atoms with van der Waals surface area (Å²) in [4.78, 5) is 2.76. The molecule has 0 aromatic carbocycles. The maximum Gasteiger partial charge on any atom is 0.0574 e. The molecular formula is C15H26N2. The quantitative estimate of drug-likeness (QED) is 0.593. The molecule has 1 aliphatic carbocycles. The summed E-state index contributed by atoms with van der Waals surface area (Å²) >= 11 is 0. The SMILES string of the molecule is C#CCNCC1(N2CCCCC2)CCCCC1. The van der Waals surface area contributed by atoms with E-state index in [-0.39, 0.29) is 0 Å². The average Bonchev–Trinajstić information content (AvgIpc) is 2.41. The number of piperidine rings is 1. The van der Waals surface area contributed by atoms with Gasteiger partial charge in [-0.1, -0.05) is 31.6 Å².